The standard InChI is InChI=1S/C15H19N3O2/c1-17(2)8-9-18(3)15(19)14-10-12(11-20-14)13-6-4-5-7-16-13/h4-7,10-11H,8-9H2,1-3H3. The van der Waals surface area contributed by atoms with Crippen LogP contribution in [0.5, 0.6) is 0 Å². The van der Waals surface area contributed by atoms with Crippen LogP contribution < -0.4 is 0 Å². The van der Waals surface area contributed by atoms with Crippen LogP contribution in [0.15, 0.2) is 41.1 Å². The van der Waals surface area contributed by atoms with E-state index in [2.05, 4.69) is 4.98 Å². The van der Waals surface area contributed by atoms with Crippen molar-refractivity contribution in [3.63, 3.8) is 0 Å². The number of nitrogens with zero attached hydrogens (tertiary/aromatic N) is 3. The second kappa shape index (κ2) is 6.34. The van der Waals surface area contributed by atoms with Gasteiger partial charge in [0, 0.05) is 31.9 Å². The molecule has 1 amide bonds. The summed E-state index contributed by atoms with van der Waals surface area (Å²) in [4.78, 5) is 20.1. The quantitative estimate of drug-likeness (QED) is 0.835. The summed E-state index contributed by atoms with van der Waals surface area (Å²) in [6.07, 6.45) is 3.28. The average Bonchev–Trinajstić information content (AvgIpc) is 2.94. The molecule has 0 atom stereocenters. The molecule has 2 aromatic rings. The lowest BCUT2D eigenvalue weighted by molar-refractivity contribution is 0.0755. The van der Waals surface area contributed by atoms with Crippen molar-refractivity contribution < 1.29 is 9.21 Å². The molecule has 0 saturated heterocycles. The Kier molecular flexibility index (Phi) is 4.53. The summed E-state index contributed by atoms with van der Waals surface area (Å²) < 4.78 is 5.36. The van der Waals surface area contributed by atoms with E-state index in [1.165, 1.54) is 0 Å². The number of carbonyl (C=O) groups is 1. The first-order valence-electron chi connectivity index (χ1n) is 6.48. The highest BCUT2D eigenvalue weighted by Crippen LogP contribution is 2.20. The molecule has 2 rings (SSSR count). The van der Waals surface area contributed by atoms with Crippen LogP contribution in [0.4, 0.5) is 0 Å². The van der Waals surface area contributed by atoms with Gasteiger partial charge in [-0.1, -0.05) is 6.07 Å². The van der Waals surface area contributed by atoms with Crippen molar-refractivity contribution >= 4 is 5.91 Å². The predicted octanol–water partition coefficient (Wildman–Crippen LogP) is 1.98. The molecule has 0 aliphatic carbocycles. The van der Waals surface area contributed by atoms with Crippen LogP contribution in [-0.2, 0) is 0 Å². The van der Waals surface area contributed by atoms with Gasteiger partial charge in [0.25, 0.3) is 5.91 Å². The lowest BCUT2D eigenvalue weighted by Gasteiger charge is -2.18. The summed E-state index contributed by atoms with van der Waals surface area (Å²) in [7, 11) is 5.73. The van der Waals surface area contributed by atoms with Gasteiger partial charge in [-0.15, -0.1) is 0 Å². The summed E-state index contributed by atoms with van der Waals surface area (Å²) in [5, 5.41) is 0. The van der Waals surface area contributed by atoms with Gasteiger partial charge < -0.3 is 14.2 Å². The predicted molar refractivity (Wildman–Crippen MR) is 77.5 cm³/mol. The number of carbonyl (C=O) groups excluding carboxylic acids is 1. The molecule has 0 aliphatic rings. The van der Waals surface area contributed by atoms with Gasteiger partial charge in [-0.25, -0.2) is 0 Å². The SMILES string of the molecule is CN(C)CCN(C)C(=O)c1cc(-c2ccccn2)co1. The highest BCUT2D eigenvalue weighted by atomic mass is 16.3. The maximum absolute atomic E-state index is 12.2. The van der Waals surface area contributed by atoms with E-state index in [1.54, 1.807) is 30.5 Å². The van der Waals surface area contributed by atoms with E-state index < -0.39 is 0 Å². The molecular weight excluding hydrogens is 254 g/mol. The van der Waals surface area contributed by atoms with E-state index in [9.17, 15) is 4.79 Å². The first kappa shape index (κ1) is 14.3. The molecule has 106 valence electrons. The lowest BCUT2D eigenvalue weighted by Crippen LogP contribution is -2.33. The molecule has 0 aromatic carbocycles. The summed E-state index contributed by atoms with van der Waals surface area (Å²) in [6.45, 7) is 1.47. The Bertz CT molecular complexity index is 564. The fourth-order valence-electron chi connectivity index (χ4n) is 1.76. The monoisotopic (exact) mass is 273 g/mol. The Morgan fingerprint density at radius 3 is 2.70 bits per heavy atom. The summed E-state index contributed by atoms with van der Waals surface area (Å²) in [6, 6.07) is 7.37. The zero-order chi connectivity index (χ0) is 14.5. The van der Waals surface area contributed by atoms with Crippen LogP contribution in [0.3, 0.4) is 0 Å². The number of likely N-dealkylation sites (N-methyl/N-ethyl adjacent to an activating group) is 2. The van der Waals surface area contributed by atoms with E-state index in [-0.39, 0.29) is 5.91 Å². The van der Waals surface area contributed by atoms with Crippen LogP contribution in [0.2, 0.25) is 0 Å². The van der Waals surface area contributed by atoms with Gasteiger partial charge >= 0.3 is 0 Å². The second-order valence-electron chi connectivity index (χ2n) is 4.94. The fraction of sp³-hybridized carbons (Fsp3) is 0.333. The van der Waals surface area contributed by atoms with Gasteiger partial charge in [-0.05, 0) is 32.3 Å². The molecule has 2 aromatic heterocycles. The van der Waals surface area contributed by atoms with E-state index in [0.29, 0.717) is 12.3 Å². The molecule has 0 fully saturated rings. The normalized spacial score (nSPS) is 10.8. The maximum atomic E-state index is 12.2. The smallest absolute Gasteiger partial charge is 0.289 e. The topological polar surface area (TPSA) is 49.6 Å². The van der Waals surface area contributed by atoms with Crippen molar-refractivity contribution in [2.45, 2.75) is 0 Å². The minimum Gasteiger partial charge on any atom is -0.458 e. The molecule has 0 N–H and O–H groups in total. The zero-order valence-electron chi connectivity index (χ0n) is 12.0. The van der Waals surface area contributed by atoms with Crippen LogP contribution >= 0.6 is 0 Å². The van der Waals surface area contributed by atoms with Crippen LogP contribution in [0.25, 0.3) is 11.3 Å². The van der Waals surface area contributed by atoms with Crippen molar-refractivity contribution in [3.8, 4) is 11.3 Å². The number of amides is 1. The van der Waals surface area contributed by atoms with E-state index in [4.69, 9.17) is 4.42 Å². The third-order valence-electron chi connectivity index (χ3n) is 3.00. The Balaban J connectivity index is 2.07. The number of hydrogen-bond acceptors (Lipinski definition) is 4. The van der Waals surface area contributed by atoms with Crippen LogP contribution in [0.1, 0.15) is 10.6 Å². The third-order valence-corrected chi connectivity index (χ3v) is 3.00. The fourth-order valence-corrected chi connectivity index (χ4v) is 1.76. The number of pyridine rings is 1. The number of furan rings is 1. The van der Waals surface area contributed by atoms with Crippen molar-refractivity contribution in [3.05, 3.63) is 42.5 Å². The van der Waals surface area contributed by atoms with Gasteiger partial charge in [0.05, 0.1) is 5.69 Å². The van der Waals surface area contributed by atoms with E-state index in [1.807, 2.05) is 37.2 Å². The molecule has 20 heavy (non-hydrogen) atoms. The molecule has 2 heterocycles. The Hall–Kier alpha value is -2.14. The summed E-state index contributed by atoms with van der Waals surface area (Å²) >= 11 is 0. The Morgan fingerprint density at radius 1 is 1.25 bits per heavy atom. The molecule has 0 bridgehead atoms. The molecule has 0 spiro atoms. The maximum Gasteiger partial charge on any atom is 0.289 e. The molecule has 0 radical (unpaired) electrons. The second-order valence-corrected chi connectivity index (χ2v) is 4.94. The molecule has 0 unspecified atom stereocenters. The molecule has 0 saturated carbocycles. The minimum absolute atomic E-state index is 0.117. The van der Waals surface area contributed by atoms with E-state index in [0.717, 1.165) is 17.8 Å². The van der Waals surface area contributed by atoms with Crippen LogP contribution in [-0.4, -0.2) is 54.9 Å². The van der Waals surface area contributed by atoms with Gasteiger partial charge in [-0.2, -0.15) is 0 Å². The number of aromatic nitrogens is 1. The van der Waals surface area contributed by atoms with Crippen molar-refractivity contribution in [2.24, 2.45) is 0 Å². The number of rotatable bonds is 5. The molecule has 0 aliphatic heterocycles. The van der Waals surface area contributed by atoms with Crippen LogP contribution in [0, 0.1) is 0 Å². The Labute approximate surface area is 118 Å². The summed E-state index contributed by atoms with van der Waals surface area (Å²) in [5.74, 6) is 0.223. The first-order chi connectivity index (χ1) is 9.58. The molecule has 5 nitrogen and oxygen atoms in total. The zero-order valence-corrected chi connectivity index (χ0v) is 12.0. The largest absolute Gasteiger partial charge is 0.458 e. The van der Waals surface area contributed by atoms with E-state index >= 15 is 0 Å². The van der Waals surface area contributed by atoms with Gasteiger partial charge in [0.2, 0.25) is 0 Å². The minimum atomic E-state index is -0.117. The highest BCUT2D eigenvalue weighted by Gasteiger charge is 2.16. The van der Waals surface area contributed by atoms with Crippen molar-refractivity contribution in [2.75, 3.05) is 34.2 Å². The van der Waals surface area contributed by atoms with Crippen molar-refractivity contribution in [1.29, 1.82) is 0 Å². The summed E-state index contributed by atoms with van der Waals surface area (Å²) in [5.41, 5.74) is 1.61. The third kappa shape index (κ3) is 3.45. The van der Waals surface area contributed by atoms with Gasteiger partial charge in [0.15, 0.2) is 5.76 Å². The number of hydrogen-bond donors (Lipinski definition) is 0. The lowest BCUT2D eigenvalue weighted by atomic mass is 10.2. The van der Waals surface area contributed by atoms with Gasteiger partial charge in [0.1, 0.15) is 6.26 Å². The Morgan fingerprint density at radius 2 is 2.05 bits per heavy atom. The molecule has 5 heteroatoms. The molecular formula is C15H19N3O2. The average molecular weight is 273 g/mol. The highest BCUT2D eigenvalue weighted by molar-refractivity contribution is 5.92. The first-order valence-corrected chi connectivity index (χ1v) is 6.48. The van der Waals surface area contributed by atoms with Crippen molar-refractivity contribution in [1.82, 2.24) is 14.8 Å². The van der Waals surface area contributed by atoms with Gasteiger partial charge in [-0.3, -0.25) is 9.78 Å².